The molecule has 42 heavy (non-hydrogen) atoms. The third-order valence-electron chi connectivity index (χ3n) is 8.50. The molecule has 11 heteroatoms. The van der Waals surface area contributed by atoms with Crippen LogP contribution in [0.3, 0.4) is 0 Å². The Hall–Kier alpha value is -2.72. The van der Waals surface area contributed by atoms with Crippen LogP contribution in [-0.2, 0) is 12.3 Å². The van der Waals surface area contributed by atoms with E-state index in [1.54, 1.807) is 0 Å². The number of benzene rings is 1. The van der Waals surface area contributed by atoms with Crippen LogP contribution in [0.25, 0.3) is 0 Å². The first-order chi connectivity index (χ1) is 19.7. The fourth-order valence-electron chi connectivity index (χ4n) is 5.94. The van der Waals surface area contributed by atoms with E-state index in [0.717, 1.165) is 12.5 Å². The summed E-state index contributed by atoms with van der Waals surface area (Å²) in [5.74, 6) is -17.3. The van der Waals surface area contributed by atoms with Crippen LogP contribution in [0.15, 0.2) is 42.6 Å². The topological polar surface area (TPSA) is 22.1 Å². The molecular formula is C31H34F9NO. The predicted molar refractivity (Wildman–Crippen MR) is 139 cm³/mol. The van der Waals surface area contributed by atoms with E-state index in [4.69, 9.17) is 0 Å². The van der Waals surface area contributed by atoms with Gasteiger partial charge in [0.1, 0.15) is 11.4 Å². The zero-order valence-electron chi connectivity index (χ0n) is 23.2. The smallest absolute Gasteiger partial charge is 0.400 e. The van der Waals surface area contributed by atoms with Crippen molar-refractivity contribution in [2.75, 3.05) is 0 Å². The molecule has 0 unspecified atom stereocenters. The Bertz CT molecular complexity index is 1190. The van der Waals surface area contributed by atoms with Crippen molar-refractivity contribution in [1.82, 2.24) is 4.98 Å². The highest BCUT2D eigenvalue weighted by Gasteiger charge is 2.62. The Labute approximate surface area is 239 Å². The standard InChI is InChI=1S/C31H34F9NO/c1-2-3-21-10-15-27(41-18-21)30(37,38)29(35,36)22-11-6-19(7-12-22)4-5-20-8-13-23(14-9-20)31(39,40)42-24-16-25(32)28(34)26(33)17-24/h4-5,10,15-20,22-23H,2-3,6-9,11-14H2,1H3/b5-4+. The molecular weight excluding hydrogens is 573 g/mol. The maximum atomic E-state index is 15.0. The SMILES string of the molecule is CCCc1ccc(C(F)(F)C(F)(F)C2CCC(/C=C/C3CCC(C(F)(F)Oc4cc(F)c(F)c(F)c4)CC3)CC2)nc1. The van der Waals surface area contributed by atoms with E-state index >= 15 is 8.78 Å². The molecule has 0 radical (unpaired) electrons. The van der Waals surface area contributed by atoms with Crippen molar-refractivity contribution in [2.45, 2.75) is 89.1 Å². The minimum atomic E-state index is -4.39. The lowest BCUT2D eigenvalue weighted by Crippen LogP contribution is -2.46. The molecule has 0 bridgehead atoms. The normalized spacial score (nSPS) is 24.2. The Kier molecular flexibility index (Phi) is 9.87. The average Bonchev–Trinajstić information content (AvgIpc) is 2.95. The first kappa shape index (κ1) is 32.2. The first-order valence-electron chi connectivity index (χ1n) is 14.3. The maximum absolute atomic E-state index is 15.0. The lowest BCUT2D eigenvalue weighted by molar-refractivity contribution is -0.250. The minimum Gasteiger partial charge on any atom is -0.432 e. The Morgan fingerprint density at radius 2 is 1.31 bits per heavy atom. The molecule has 0 saturated heterocycles. The van der Waals surface area contributed by atoms with Gasteiger partial charge >= 0.3 is 18.0 Å². The van der Waals surface area contributed by atoms with Crippen molar-refractivity contribution >= 4 is 0 Å². The molecule has 0 atom stereocenters. The second kappa shape index (κ2) is 12.9. The minimum absolute atomic E-state index is 0.0389. The second-order valence-corrected chi connectivity index (χ2v) is 11.5. The zero-order chi connectivity index (χ0) is 30.7. The third-order valence-corrected chi connectivity index (χ3v) is 8.50. The number of rotatable bonds is 10. The highest BCUT2D eigenvalue weighted by Crippen LogP contribution is 2.51. The van der Waals surface area contributed by atoms with Gasteiger partial charge in [-0.25, -0.2) is 13.2 Å². The number of pyridine rings is 1. The van der Waals surface area contributed by atoms with Crippen LogP contribution >= 0.6 is 0 Å². The zero-order valence-corrected chi connectivity index (χ0v) is 23.2. The van der Waals surface area contributed by atoms with Crippen molar-refractivity contribution in [3.8, 4) is 5.75 Å². The van der Waals surface area contributed by atoms with Crippen LogP contribution in [0.5, 0.6) is 5.75 Å². The van der Waals surface area contributed by atoms with E-state index in [9.17, 15) is 30.7 Å². The van der Waals surface area contributed by atoms with Gasteiger partial charge in [-0.1, -0.05) is 31.6 Å². The van der Waals surface area contributed by atoms with E-state index in [0.29, 0.717) is 49.8 Å². The summed E-state index contributed by atoms with van der Waals surface area (Å²) in [4.78, 5) is 3.64. The van der Waals surface area contributed by atoms with Gasteiger partial charge in [-0.2, -0.15) is 26.3 Å². The number of allylic oxidation sites excluding steroid dienone is 2. The molecule has 2 aliphatic rings. The number of nitrogens with zero attached hydrogens (tertiary/aromatic N) is 1. The van der Waals surface area contributed by atoms with E-state index in [2.05, 4.69) is 9.72 Å². The first-order valence-corrected chi connectivity index (χ1v) is 14.3. The van der Waals surface area contributed by atoms with Crippen molar-refractivity contribution in [3.63, 3.8) is 0 Å². The van der Waals surface area contributed by atoms with Crippen molar-refractivity contribution in [2.24, 2.45) is 23.7 Å². The third kappa shape index (κ3) is 7.08. The van der Waals surface area contributed by atoms with Gasteiger partial charge in [-0.05, 0) is 81.3 Å². The molecule has 0 spiro atoms. The van der Waals surface area contributed by atoms with E-state index in [1.165, 1.54) is 12.3 Å². The summed E-state index contributed by atoms with van der Waals surface area (Å²) in [6.07, 6.45) is 4.01. The largest absolute Gasteiger partial charge is 0.432 e. The van der Waals surface area contributed by atoms with Gasteiger partial charge in [0, 0.05) is 24.2 Å². The monoisotopic (exact) mass is 607 g/mol. The molecule has 0 N–H and O–H groups in total. The van der Waals surface area contributed by atoms with Crippen LogP contribution in [0.2, 0.25) is 0 Å². The lowest BCUT2D eigenvalue weighted by atomic mass is 9.76. The number of aryl methyl sites for hydroxylation is 1. The summed E-state index contributed by atoms with van der Waals surface area (Å²) in [5, 5.41) is 0. The Morgan fingerprint density at radius 3 is 1.79 bits per heavy atom. The summed E-state index contributed by atoms with van der Waals surface area (Å²) in [7, 11) is 0. The summed E-state index contributed by atoms with van der Waals surface area (Å²) in [5.41, 5.74) is -0.223. The highest BCUT2D eigenvalue weighted by atomic mass is 19.3. The molecule has 4 rings (SSSR count). The van der Waals surface area contributed by atoms with Crippen molar-refractivity contribution in [1.29, 1.82) is 0 Å². The Balaban J connectivity index is 1.26. The Morgan fingerprint density at radius 1 is 0.786 bits per heavy atom. The van der Waals surface area contributed by atoms with Gasteiger partial charge in [0.05, 0.1) is 5.92 Å². The number of hydrogen-bond acceptors (Lipinski definition) is 2. The predicted octanol–water partition coefficient (Wildman–Crippen LogP) is 10.0. The molecule has 2 nitrogen and oxygen atoms in total. The molecule has 1 aromatic heterocycles. The quantitative estimate of drug-likeness (QED) is 0.152. The van der Waals surface area contributed by atoms with Gasteiger partial charge in [0.2, 0.25) is 0 Å². The van der Waals surface area contributed by atoms with Gasteiger partial charge in [-0.15, -0.1) is 0 Å². The fraction of sp³-hybridized carbons (Fsp3) is 0.581. The fourth-order valence-corrected chi connectivity index (χ4v) is 5.94. The van der Waals surface area contributed by atoms with Crippen LogP contribution < -0.4 is 4.74 Å². The van der Waals surface area contributed by atoms with Gasteiger partial charge in [0.25, 0.3) is 0 Å². The number of aromatic nitrogens is 1. The molecule has 0 aliphatic heterocycles. The van der Waals surface area contributed by atoms with Gasteiger partial charge in [0.15, 0.2) is 17.5 Å². The van der Waals surface area contributed by atoms with Crippen LogP contribution in [-0.4, -0.2) is 17.0 Å². The molecule has 1 aromatic carbocycles. The van der Waals surface area contributed by atoms with Crippen LogP contribution in [0.4, 0.5) is 39.5 Å². The maximum Gasteiger partial charge on any atom is 0.400 e. The number of hydrogen-bond donors (Lipinski definition) is 0. The average molecular weight is 608 g/mol. The molecule has 2 fully saturated rings. The van der Waals surface area contributed by atoms with Crippen molar-refractivity contribution < 1.29 is 44.3 Å². The summed E-state index contributed by atoms with van der Waals surface area (Å²) < 4.78 is 133. The summed E-state index contributed by atoms with van der Waals surface area (Å²) >= 11 is 0. The van der Waals surface area contributed by atoms with E-state index in [1.807, 2.05) is 19.1 Å². The van der Waals surface area contributed by atoms with Crippen LogP contribution in [0, 0.1) is 41.1 Å². The molecule has 1 heterocycles. The van der Waals surface area contributed by atoms with Crippen molar-refractivity contribution in [3.05, 3.63) is 71.3 Å². The molecule has 2 aliphatic carbocycles. The summed E-state index contributed by atoms with van der Waals surface area (Å²) in [6.45, 7) is 1.92. The van der Waals surface area contributed by atoms with Gasteiger partial charge in [-0.3, -0.25) is 4.98 Å². The molecule has 232 valence electrons. The molecule has 2 aromatic rings. The molecule has 0 amide bonds. The van der Waals surface area contributed by atoms with E-state index < -0.39 is 58.7 Å². The van der Waals surface area contributed by atoms with Gasteiger partial charge < -0.3 is 4.74 Å². The highest BCUT2D eigenvalue weighted by molar-refractivity contribution is 5.25. The molecule has 2 saturated carbocycles. The van der Waals surface area contributed by atoms with E-state index in [-0.39, 0.29) is 37.5 Å². The number of ether oxygens (including phenoxy) is 1. The number of halogens is 9. The van der Waals surface area contributed by atoms with Crippen LogP contribution in [0.1, 0.15) is 76.0 Å². The number of alkyl halides is 6. The lowest BCUT2D eigenvalue weighted by Gasteiger charge is -2.37. The summed E-state index contributed by atoms with van der Waals surface area (Å²) in [6, 6.07) is 3.13. The second-order valence-electron chi connectivity index (χ2n) is 11.5.